The molecule has 0 saturated heterocycles. The summed E-state index contributed by atoms with van der Waals surface area (Å²) in [5, 5.41) is 21.9. The minimum absolute atomic E-state index is 0.00866. The van der Waals surface area contributed by atoms with Gasteiger partial charge >= 0.3 is 5.97 Å². The number of carbonyl (C=O) groups excluding carboxylic acids is 1. The molecule has 1 aromatic carbocycles. The molecule has 0 bridgehead atoms. The van der Waals surface area contributed by atoms with Crippen molar-refractivity contribution in [3.63, 3.8) is 0 Å². The number of carbonyl (C=O) groups is 2. The van der Waals surface area contributed by atoms with E-state index in [-0.39, 0.29) is 22.5 Å². The number of nitro groups is 1. The Balaban J connectivity index is 3.05. The molecule has 0 radical (unpaired) electrons. The maximum Gasteiger partial charge on any atom is 0.331 e. The second kappa shape index (κ2) is 5.76. The topological polar surface area (TPSA) is 110 Å². The van der Waals surface area contributed by atoms with Gasteiger partial charge in [-0.05, 0) is 19.9 Å². The van der Waals surface area contributed by atoms with E-state index >= 15 is 0 Å². The minimum atomic E-state index is -1.21. The van der Waals surface area contributed by atoms with Crippen molar-refractivity contribution in [1.82, 2.24) is 0 Å². The van der Waals surface area contributed by atoms with Crippen LogP contribution < -0.4 is 5.32 Å². The largest absolute Gasteiger partial charge is 0.478 e. The first-order valence-corrected chi connectivity index (χ1v) is 5.30. The second-order valence-electron chi connectivity index (χ2n) is 3.78. The number of nitro benzene ring substituents is 1. The number of hydrogen-bond acceptors (Lipinski definition) is 4. The Bertz CT molecular complexity index is 577. The average Bonchev–Trinajstić information content (AvgIpc) is 2.37. The standard InChI is InChI=1S/C12H12N2O5/c1-7(8(2)12(16)17)11(15)13-9-5-3-4-6-10(9)14(18)19/h3-6H,1-2H3,(H,13,15)(H,16,17). The molecule has 0 heterocycles. The van der Waals surface area contributed by atoms with Gasteiger partial charge in [0, 0.05) is 17.2 Å². The van der Waals surface area contributed by atoms with E-state index in [1.807, 2.05) is 0 Å². The Morgan fingerprint density at radius 1 is 1.21 bits per heavy atom. The SMILES string of the molecule is CC(C(=O)O)=C(C)C(=O)Nc1ccccc1[N+](=O)[O-]. The molecule has 0 aliphatic carbocycles. The van der Waals surface area contributed by atoms with Crippen LogP contribution in [0.2, 0.25) is 0 Å². The van der Waals surface area contributed by atoms with Gasteiger partial charge in [-0.2, -0.15) is 0 Å². The van der Waals surface area contributed by atoms with Crippen LogP contribution in [-0.2, 0) is 9.59 Å². The molecule has 19 heavy (non-hydrogen) atoms. The highest BCUT2D eigenvalue weighted by atomic mass is 16.6. The van der Waals surface area contributed by atoms with E-state index < -0.39 is 16.8 Å². The Labute approximate surface area is 108 Å². The number of carboxylic acids is 1. The Hall–Kier alpha value is -2.70. The molecule has 1 amide bonds. The van der Waals surface area contributed by atoms with Gasteiger partial charge in [0.1, 0.15) is 5.69 Å². The van der Waals surface area contributed by atoms with Gasteiger partial charge in [-0.3, -0.25) is 14.9 Å². The van der Waals surface area contributed by atoms with Gasteiger partial charge < -0.3 is 10.4 Å². The highest BCUT2D eigenvalue weighted by Crippen LogP contribution is 2.23. The number of aliphatic carboxylic acids is 1. The number of anilines is 1. The van der Waals surface area contributed by atoms with E-state index in [4.69, 9.17) is 5.11 Å². The zero-order valence-corrected chi connectivity index (χ0v) is 10.3. The van der Waals surface area contributed by atoms with Crippen molar-refractivity contribution in [3.8, 4) is 0 Å². The number of rotatable bonds is 4. The molecule has 7 nitrogen and oxygen atoms in total. The molecule has 1 aromatic rings. The molecule has 0 unspecified atom stereocenters. The summed E-state index contributed by atoms with van der Waals surface area (Å²) in [4.78, 5) is 32.6. The van der Waals surface area contributed by atoms with Crippen LogP contribution >= 0.6 is 0 Å². The van der Waals surface area contributed by atoms with Crippen LogP contribution in [0, 0.1) is 10.1 Å². The maximum atomic E-state index is 11.8. The minimum Gasteiger partial charge on any atom is -0.478 e. The van der Waals surface area contributed by atoms with Gasteiger partial charge in [-0.15, -0.1) is 0 Å². The van der Waals surface area contributed by atoms with Gasteiger partial charge in [0.25, 0.3) is 11.6 Å². The van der Waals surface area contributed by atoms with E-state index in [1.165, 1.54) is 38.1 Å². The Kier molecular flexibility index (Phi) is 4.36. The number of amides is 1. The van der Waals surface area contributed by atoms with Gasteiger partial charge in [-0.1, -0.05) is 12.1 Å². The molecule has 7 heteroatoms. The summed E-state index contributed by atoms with van der Waals surface area (Å²) in [6.45, 7) is 2.63. The summed E-state index contributed by atoms with van der Waals surface area (Å²) >= 11 is 0. The highest BCUT2D eigenvalue weighted by molar-refractivity contribution is 6.08. The Morgan fingerprint density at radius 3 is 2.32 bits per heavy atom. The molecule has 0 atom stereocenters. The lowest BCUT2D eigenvalue weighted by Crippen LogP contribution is -2.17. The van der Waals surface area contributed by atoms with Crippen molar-refractivity contribution in [3.05, 3.63) is 45.5 Å². The molecule has 0 aliphatic rings. The van der Waals surface area contributed by atoms with Gasteiger partial charge in [0.05, 0.1) is 4.92 Å². The van der Waals surface area contributed by atoms with Crippen molar-refractivity contribution < 1.29 is 19.6 Å². The van der Waals surface area contributed by atoms with Crippen LogP contribution in [0.1, 0.15) is 13.8 Å². The first-order valence-electron chi connectivity index (χ1n) is 5.30. The third-order valence-electron chi connectivity index (χ3n) is 2.57. The van der Waals surface area contributed by atoms with Crippen molar-refractivity contribution in [2.24, 2.45) is 0 Å². The average molecular weight is 264 g/mol. The summed E-state index contributed by atoms with van der Waals surface area (Å²) < 4.78 is 0. The molecule has 0 aliphatic heterocycles. The second-order valence-corrected chi connectivity index (χ2v) is 3.78. The maximum absolute atomic E-state index is 11.8. The van der Waals surface area contributed by atoms with Crippen LogP contribution in [0.3, 0.4) is 0 Å². The fraction of sp³-hybridized carbons (Fsp3) is 0.167. The fourth-order valence-corrected chi connectivity index (χ4v) is 1.29. The quantitative estimate of drug-likeness (QED) is 0.490. The molecule has 0 fully saturated rings. The number of benzene rings is 1. The number of para-hydroxylation sites is 2. The number of nitrogens with zero attached hydrogens (tertiary/aromatic N) is 1. The third-order valence-corrected chi connectivity index (χ3v) is 2.57. The van der Waals surface area contributed by atoms with Gasteiger partial charge in [-0.25, -0.2) is 4.79 Å². The predicted octanol–water partition coefficient (Wildman–Crippen LogP) is 1.95. The highest BCUT2D eigenvalue weighted by Gasteiger charge is 2.17. The van der Waals surface area contributed by atoms with Gasteiger partial charge in [0.2, 0.25) is 0 Å². The number of hydrogen-bond donors (Lipinski definition) is 2. The van der Waals surface area contributed by atoms with Crippen LogP contribution in [0.4, 0.5) is 11.4 Å². The summed E-state index contributed by atoms with van der Waals surface area (Å²) in [5.74, 6) is -1.90. The zero-order chi connectivity index (χ0) is 14.6. The molecule has 1 rings (SSSR count). The molecule has 100 valence electrons. The first kappa shape index (κ1) is 14.4. The lowest BCUT2D eigenvalue weighted by Gasteiger charge is -2.07. The molecular formula is C12H12N2O5. The van der Waals surface area contributed by atoms with Crippen molar-refractivity contribution >= 4 is 23.3 Å². The van der Waals surface area contributed by atoms with E-state index in [0.717, 1.165) is 0 Å². The molecular weight excluding hydrogens is 252 g/mol. The Morgan fingerprint density at radius 2 is 1.79 bits per heavy atom. The lowest BCUT2D eigenvalue weighted by atomic mass is 10.1. The summed E-state index contributed by atoms with van der Waals surface area (Å²) in [5.41, 5.74) is -0.353. The number of carboxylic acid groups (broad SMARTS) is 1. The molecule has 0 saturated carbocycles. The normalized spacial score (nSPS) is 11.5. The molecule has 0 aromatic heterocycles. The number of nitrogens with one attached hydrogen (secondary N) is 1. The van der Waals surface area contributed by atoms with E-state index in [1.54, 1.807) is 0 Å². The van der Waals surface area contributed by atoms with Gasteiger partial charge in [0.15, 0.2) is 0 Å². The third kappa shape index (κ3) is 3.38. The monoisotopic (exact) mass is 264 g/mol. The van der Waals surface area contributed by atoms with Crippen LogP contribution in [0.5, 0.6) is 0 Å². The van der Waals surface area contributed by atoms with Crippen molar-refractivity contribution in [1.29, 1.82) is 0 Å². The van der Waals surface area contributed by atoms with E-state index in [9.17, 15) is 19.7 Å². The van der Waals surface area contributed by atoms with Crippen LogP contribution in [0.15, 0.2) is 35.4 Å². The lowest BCUT2D eigenvalue weighted by molar-refractivity contribution is -0.383. The van der Waals surface area contributed by atoms with Crippen molar-refractivity contribution in [2.75, 3.05) is 5.32 Å². The smallest absolute Gasteiger partial charge is 0.331 e. The summed E-state index contributed by atoms with van der Waals surface area (Å²) in [6.07, 6.45) is 0. The zero-order valence-electron chi connectivity index (χ0n) is 10.3. The molecule has 0 spiro atoms. The van der Waals surface area contributed by atoms with Crippen LogP contribution in [-0.4, -0.2) is 21.9 Å². The fourth-order valence-electron chi connectivity index (χ4n) is 1.29. The summed E-state index contributed by atoms with van der Waals surface area (Å²) in [7, 11) is 0. The van der Waals surface area contributed by atoms with E-state index in [0.29, 0.717) is 0 Å². The van der Waals surface area contributed by atoms with Crippen LogP contribution in [0.25, 0.3) is 0 Å². The first-order chi connectivity index (χ1) is 8.84. The molecule has 2 N–H and O–H groups in total. The van der Waals surface area contributed by atoms with E-state index in [2.05, 4.69) is 5.32 Å². The summed E-state index contributed by atoms with van der Waals surface area (Å²) in [6, 6.07) is 5.63. The van der Waals surface area contributed by atoms with Crippen molar-refractivity contribution in [2.45, 2.75) is 13.8 Å². The predicted molar refractivity (Wildman–Crippen MR) is 67.7 cm³/mol.